The Bertz CT molecular complexity index is 413. The first-order chi connectivity index (χ1) is 9.81. The largest absolute Gasteiger partial charge is 0.317 e. The lowest BCUT2D eigenvalue weighted by Crippen LogP contribution is -2.33. The third-order valence-electron chi connectivity index (χ3n) is 4.71. The summed E-state index contributed by atoms with van der Waals surface area (Å²) in [7, 11) is 0. The van der Waals surface area contributed by atoms with Gasteiger partial charge in [-0.2, -0.15) is 0 Å². The van der Waals surface area contributed by atoms with Gasteiger partial charge in [0.05, 0.1) is 0 Å². The summed E-state index contributed by atoms with van der Waals surface area (Å²) in [6.07, 6.45) is 3.33. The number of piperidine rings is 2. The van der Waals surface area contributed by atoms with E-state index in [1.165, 1.54) is 24.0 Å². The minimum atomic E-state index is -0.575. The highest BCUT2D eigenvalue weighted by Gasteiger charge is 2.18. The molecule has 2 aliphatic rings. The van der Waals surface area contributed by atoms with Crippen LogP contribution >= 0.6 is 24.8 Å². The van der Waals surface area contributed by atoms with E-state index in [0.717, 1.165) is 38.6 Å². The number of nitrogens with zero attached hydrogens (tertiary/aromatic N) is 1. The van der Waals surface area contributed by atoms with Gasteiger partial charge in [-0.25, -0.2) is 4.39 Å². The lowest BCUT2D eigenvalue weighted by atomic mass is 9.90. The van der Waals surface area contributed by atoms with Crippen molar-refractivity contribution in [2.24, 2.45) is 0 Å². The topological polar surface area (TPSA) is 15.3 Å². The Morgan fingerprint density at radius 3 is 2.14 bits per heavy atom. The zero-order chi connectivity index (χ0) is 13.8. The van der Waals surface area contributed by atoms with Crippen LogP contribution in [0.3, 0.4) is 0 Å². The maximum absolute atomic E-state index is 13.1. The number of hydrogen-bond donors (Lipinski definition) is 1. The van der Waals surface area contributed by atoms with Crippen LogP contribution in [0.1, 0.15) is 42.7 Å². The maximum atomic E-state index is 13.1. The molecule has 2 saturated heterocycles. The third kappa shape index (κ3) is 5.38. The predicted molar refractivity (Wildman–Crippen MR) is 95.2 cm³/mol. The Labute approximate surface area is 145 Å². The molecule has 2 aliphatic heterocycles. The molecule has 0 spiro atoms. The standard InChI is InChI=1S/C17H25FN2.2ClH/c18-17-7-11-20(12-8-17)13-14-1-3-15(4-2-14)16-5-9-19-10-6-16;;/h1-4,16-17,19H,5-13H2;2*1H. The molecule has 3 rings (SSSR count). The van der Waals surface area contributed by atoms with Crippen molar-refractivity contribution in [2.75, 3.05) is 26.2 Å². The fourth-order valence-electron chi connectivity index (χ4n) is 3.37. The quantitative estimate of drug-likeness (QED) is 0.890. The molecule has 0 amide bonds. The zero-order valence-corrected chi connectivity index (χ0v) is 14.6. The van der Waals surface area contributed by atoms with Crippen molar-refractivity contribution in [3.8, 4) is 0 Å². The Kier molecular flexibility index (Phi) is 8.70. The van der Waals surface area contributed by atoms with Crippen molar-refractivity contribution in [3.63, 3.8) is 0 Å². The van der Waals surface area contributed by atoms with Gasteiger partial charge in [-0.1, -0.05) is 24.3 Å². The summed E-state index contributed by atoms with van der Waals surface area (Å²) in [6.45, 7) is 5.06. The Morgan fingerprint density at radius 1 is 0.955 bits per heavy atom. The van der Waals surface area contributed by atoms with Crippen LogP contribution in [0.15, 0.2) is 24.3 Å². The van der Waals surface area contributed by atoms with Crippen LogP contribution in [0, 0.1) is 0 Å². The van der Waals surface area contributed by atoms with Gasteiger partial charge in [0, 0.05) is 19.6 Å². The second-order valence-corrected chi connectivity index (χ2v) is 6.22. The smallest absolute Gasteiger partial charge is 0.103 e. The van der Waals surface area contributed by atoms with Crippen LogP contribution in [-0.4, -0.2) is 37.3 Å². The maximum Gasteiger partial charge on any atom is 0.103 e. The highest BCUT2D eigenvalue weighted by molar-refractivity contribution is 5.85. The van der Waals surface area contributed by atoms with Crippen LogP contribution in [0.4, 0.5) is 4.39 Å². The van der Waals surface area contributed by atoms with Crippen LogP contribution in [0.2, 0.25) is 0 Å². The molecule has 0 aliphatic carbocycles. The van der Waals surface area contributed by atoms with Crippen molar-refractivity contribution in [2.45, 2.75) is 44.3 Å². The summed E-state index contributed by atoms with van der Waals surface area (Å²) in [6, 6.07) is 9.12. The minimum absolute atomic E-state index is 0. The van der Waals surface area contributed by atoms with Crippen LogP contribution < -0.4 is 5.32 Å². The lowest BCUT2D eigenvalue weighted by Gasteiger charge is -2.28. The molecular formula is C17H27Cl2FN2. The summed E-state index contributed by atoms with van der Waals surface area (Å²) in [5.41, 5.74) is 2.85. The summed E-state index contributed by atoms with van der Waals surface area (Å²) >= 11 is 0. The first kappa shape index (κ1) is 19.7. The molecule has 22 heavy (non-hydrogen) atoms. The first-order valence-electron chi connectivity index (χ1n) is 7.97. The van der Waals surface area contributed by atoms with E-state index in [4.69, 9.17) is 0 Å². The molecule has 5 heteroatoms. The predicted octanol–water partition coefficient (Wildman–Crippen LogP) is 3.93. The number of alkyl halides is 1. The Balaban J connectivity index is 0.00000121. The van der Waals surface area contributed by atoms with E-state index in [1.807, 2.05) is 0 Å². The fraction of sp³-hybridized carbons (Fsp3) is 0.647. The van der Waals surface area contributed by atoms with Gasteiger partial charge >= 0.3 is 0 Å². The van der Waals surface area contributed by atoms with Gasteiger partial charge in [0.2, 0.25) is 0 Å². The molecule has 1 aromatic rings. The summed E-state index contributed by atoms with van der Waals surface area (Å²) in [5.74, 6) is 0.729. The molecule has 1 N–H and O–H groups in total. The number of hydrogen-bond acceptors (Lipinski definition) is 2. The van der Waals surface area contributed by atoms with Crippen molar-refractivity contribution in [1.82, 2.24) is 10.2 Å². The molecule has 2 heterocycles. The van der Waals surface area contributed by atoms with Crippen molar-refractivity contribution < 1.29 is 4.39 Å². The average molecular weight is 349 g/mol. The highest BCUT2D eigenvalue weighted by atomic mass is 35.5. The highest BCUT2D eigenvalue weighted by Crippen LogP contribution is 2.25. The normalized spacial score (nSPS) is 21.0. The SMILES string of the molecule is Cl.Cl.FC1CCN(Cc2ccc(C3CCNCC3)cc2)CC1. The number of halogens is 3. The fourth-order valence-corrected chi connectivity index (χ4v) is 3.37. The van der Waals surface area contributed by atoms with E-state index >= 15 is 0 Å². The van der Waals surface area contributed by atoms with E-state index in [9.17, 15) is 4.39 Å². The monoisotopic (exact) mass is 348 g/mol. The van der Waals surface area contributed by atoms with E-state index in [1.54, 1.807) is 0 Å². The Hall–Kier alpha value is -0.350. The van der Waals surface area contributed by atoms with E-state index in [-0.39, 0.29) is 24.8 Å². The minimum Gasteiger partial charge on any atom is -0.317 e. The van der Waals surface area contributed by atoms with Gasteiger partial charge < -0.3 is 5.32 Å². The van der Waals surface area contributed by atoms with Gasteiger partial charge in [-0.3, -0.25) is 4.90 Å². The molecule has 0 atom stereocenters. The molecule has 0 aromatic heterocycles. The third-order valence-corrected chi connectivity index (χ3v) is 4.71. The van der Waals surface area contributed by atoms with Gasteiger partial charge in [-0.15, -0.1) is 24.8 Å². The van der Waals surface area contributed by atoms with Crippen LogP contribution in [-0.2, 0) is 6.54 Å². The van der Waals surface area contributed by atoms with Crippen molar-refractivity contribution >= 4 is 24.8 Å². The average Bonchev–Trinajstić information content (AvgIpc) is 2.51. The Morgan fingerprint density at radius 2 is 1.55 bits per heavy atom. The van der Waals surface area contributed by atoms with Gasteiger partial charge in [0.15, 0.2) is 0 Å². The second-order valence-electron chi connectivity index (χ2n) is 6.22. The number of rotatable bonds is 3. The van der Waals surface area contributed by atoms with Crippen LogP contribution in [0.5, 0.6) is 0 Å². The summed E-state index contributed by atoms with van der Waals surface area (Å²) in [5, 5.41) is 3.42. The van der Waals surface area contributed by atoms with Crippen molar-refractivity contribution in [3.05, 3.63) is 35.4 Å². The lowest BCUT2D eigenvalue weighted by molar-refractivity contribution is 0.145. The summed E-state index contributed by atoms with van der Waals surface area (Å²) in [4.78, 5) is 2.37. The molecule has 126 valence electrons. The molecule has 2 fully saturated rings. The summed E-state index contributed by atoms with van der Waals surface area (Å²) < 4.78 is 13.1. The number of benzene rings is 1. The zero-order valence-electron chi connectivity index (χ0n) is 13.0. The van der Waals surface area contributed by atoms with E-state index in [2.05, 4.69) is 34.5 Å². The number of likely N-dealkylation sites (tertiary alicyclic amines) is 1. The molecular weight excluding hydrogens is 322 g/mol. The van der Waals surface area contributed by atoms with E-state index in [0.29, 0.717) is 12.8 Å². The first-order valence-corrected chi connectivity index (χ1v) is 7.97. The van der Waals surface area contributed by atoms with Crippen molar-refractivity contribution in [1.29, 1.82) is 0 Å². The second kappa shape index (κ2) is 9.71. The molecule has 2 nitrogen and oxygen atoms in total. The molecule has 0 radical (unpaired) electrons. The molecule has 0 bridgehead atoms. The van der Waals surface area contributed by atoms with Crippen LogP contribution in [0.25, 0.3) is 0 Å². The number of nitrogens with one attached hydrogen (secondary N) is 1. The molecule has 1 aromatic carbocycles. The van der Waals surface area contributed by atoms with Gasteiger partial charge in [0.25, 0.3) is 0 Å². The molecule has 0 saturated carbocycles. The van der Waals surface area contributed by atoms with Gasteiger partial charge in [0.1, 0.15) is 6.17 Å². The van der Waals surface area contributed by atoms with E-state index < -0.39 is 6.17 Å². The molecule has 0 unspecified atom stereocenters. The van der Waals surface area contributed by atoms with Gasteiger partial charge in [-0.05, 0) is 55.8 Å².